The Morgan fingerprint density at radius 1 is 0.857 bits per heavy atom. The van der Waals surface area contributed by atoms with Crippen molar-refractivity contribution in [1.82, 2.24) is 15.2 Å². The zero-order valence-corrected chi connectivity index (χ0v) is 13.0. The van der Waals surface area contributed by atoms with E-state index in [1.165, 1.54) is 0 Å². The Bertz CT molecular complexity index is 926. The van der Waals surface area contributed by atoms with Gasteiger partial charge < -0.3 is 9.40 Å². The summed E-state index contributed by atoms with van der Waals surface area (Å²) in [5, 5.41) is 9.44. The molecule has 4 nitrogen and oxygen atoms in total. The summed E-state index contributed by atoms with van der Waals surface area (Å²) in [6, 6.07) is 16.0. The number of hydrogen-bond donors (Lipinski definition) is 1. The smallest absolute Gasteiger partial charge is 0.250 e. The number of nitrogens with one attached hydrogen (secondary N) is 1. The molecule has 0 radical (unpaired) electrons. The second-order valence-corrected chi connectivity index (χ2v) is 5.80. The molecule has 0 saturated heterocycles. The molecule has 0 bridgehead atoms. The maximum atomic E-state index is 5.86. The Labute approximate surface area is 134 Å². The molecule has 102 valence electrons. The number of nitrogens with zero attached hydrogens (tertiary/aromatic N) is 2. The van der Waals surface area contributed by atoms with Crippen molar-refractivity contribution >= 4 is 33.5 Å². The van der Waals surface area contributed by atoms with E-state index in [9.17, 15) is 0 Å². The van der Waals surface area contributed by atoms with Crippen LogP contribution in [0.2, 0.25) is 0 Å². The van der Waals surface area contributed by atoms with Crippen molar-refractivity contribution < 1.29 is 4.42 Å². The predicted octanol–water partition coefficient (Wildman–Crippen LogP) is 4.49. The van der Waals surface area contributed by atoms with E-state index in [1.54, 1.807) is 0 Å². The maximum absolute atomic E-state index is 5.86. The molecule has 0 atom stereocenters. The van der Waals surface area contributed by atoms with E-state index in [1.807, 2.05) is 54.7 Å². The standard InChI is InChI=1S/C16H10IN3O/c17-13-7-3-1-6-11(13)15-19-20-16(21-15)12-9-18-14-8-4-2-5-10(12)14/h1-9,18H. The third kappa shape index (κ3) is 2.13. The van der Waals surface area contributed by atoms with Gasteiger partial charge >= 0.3 is 0 Å². The highest BCUT2D eigenvalue weighted by molar-refractivity contribution is 14.1. The van der Waals surface area contributed by atoms with Gasteiger partial charge in [0.05, 0.1) is 11.1 Å². The Morgan fingerprint density at radius 2 is 1.57 bits per heavy atom. The zero-order chi connectivity index (χ0) is 14.2. The van der Waals surface area contributed by atoms with E-state index < -0.39 is 0 Å². The van der Waals surface area contributed by atoms with Crippen LogP contribution < -0.4 is 0 Å². The molecule has 5 heteroatoms. The molecule has 1 N–H and O–H groups in total. The molecule has 0 aliphatic rings. The van der Waals surface area contributed by atoms with Crippen LogP contribution in [0.1, 0.15) is 0 Å². The van der Waals surface area contributed by atoms with Crippen LogP contribution in [-0.4, -0.2) is 15.2 Å². The number of H-pyrrole nitrogens is 1. The first-order chi connectivity index (χ1) is 10.3. The Hall–Kier alpha value is -2.15. The summed E-state index contributed by atoms with van der Waals surface area (Å²) in [6.45, 7) is 0. The fourth-order valence-corrected chi connectivity index (χ4v) is 2.94. The molecule has 0 aliphatic carbocycles. The van der Waals surface area contributed by atoms with Crippen molar-refractivity contribution in [1.29, 1.82) is 0 Å². The number of para-hydroxylation sites is 1. The minimum Gasteiger partial charge on any atom is -0.416 e. The molecular weight excluding hydrogens is 377 g/mol. The van der Waals surface area contributed by atoms with Crippen LogP contribution in [0.15, 0.2) is 59.1 Å². The number of aromatic amines is 1. The second-order valence-electron chi connectivity index (χ2n) is 4.64. The SMILES string of the molecule is Ic1ccccc1-c1nnc(-c2c[nH]c3ccccc23)o1. The van der Waals surface area contributed by atoms with Crippen LogP contribution in [-0.2, 0) is 0 Å². The van der Waals surface area contributed by atoms with E-state index in [2.05, 4.69) is 37.8 Å². The lowest BCUT2D eigenvalue weighted by molar-refractivity contribution is 0.585. The molecule has 4 rings (SSSR count). The lowest BCUT2D eigenvalue weighted by atomic mass is 10.2. The maximum Gasteiger partial charge on any atom is 0.250 e. The van der Waals surface area contributed by atoms with Gasteiger partial charge in [-0.25, -0.2) is 0 Å². The molecule has 2 aromatic heterocycles. The number of benzene rings is 2. The summed E-state index contributed by atoms with van der Waals surface area (Å²) in [6.07, 6.45) is 1.90. The molecule has 0 saturated carbocycles. The zero-order valence-electron chi connectivity index (χ0n) is 10.9. The predicted molar refractivity (Wildman–Crippen MR) is 89.7 cm³/mol. The molecule has 0 fully saturated rings. The van der Waals surface area contributed by atoms with Gasteiger partial charge in [-0.1, -0.05) is 30.3 Å². The van der Waals surface area contributed by atoms with Gasteiger partial charge in [0.25, 0.3) is 0 Å². The molecule has 2 heterocycles. The highest BCUT2D eigenvalue weighted by atomic mass is 127. The fraction of sp³-hybridized carbons (Fsp3) is 0. The van der Waals surface area contributed by atoms with E-state index in [0.717, 1.165) is 25.6 Å². The number of hydrogen-bond acceptors (Lipinski definition) is 3. The summed E-state index contributed by atoms with van der Waals surface area (Å²) >= 11 is 2.27. The Kier molecular flexibility index (Phi) is 2.99. The summed E-state index contributed by atoms with van der Waals surface area (Å²) < 4.78 is 6.94. The Morgan fingerprint density at radius 3 is 2.43 bits per heavy atom. The third-order valence-corrected chi connectivity index (χ3v) is 4.29. The summed E-state index contributed by atoms with van der Waals surface area (Å²) in [7, 11) is 0. The van der Waals surface area contributed by atoms with Gasteiger partial charge in [0, 0.05) is 20.7 Å². The quantitative estimate of drug-likeness (QED) is 0.516. The summed E-state index contributed by atoms with van der Waals surface area (Å²) in [4.78, 5) is 3.22. The van der Waals surface area contributed by atoms with E-state index in [0.29, 0.717) is 11.8 Å². The van der Waals surface area contributed by atoms with Crippen molar-refractivity contribution in [3.05, 3.63) is 58.3 Å². The van der Waals surface area contributed by atoms with Crippen molar-refractivity contribution in [2.45, 2.75) is 0 Å². The summed E-state index contributed by atoms with van der Waals surface area (Å²) in [5.74, 6) is 1.07. The summed E-state index contributed by atoms with van der Waals surface area (Å²) in [5.41, 5.74) is 2.94. The first-order valence-corrected chi connectivity index (χ1v) is 7.56. The normalized spacial score (nSPS) is 11.1. The van der Waals surface area contributed by atoms with Crippen LogP contribution in [0.25, 0.3) is 33.8 Å². The molecule has 0 amide bonds. The molecule has 21 heavy (non-hydrogen) atoms. The van der Waals surface area contributed by atoms with Gasteiger partial charge in [-0.05, 0) is 40.8 Å². The molecule has 0 unspecified atom stereocenters. The van der Waals surface area contributed by atoms with Gasteiger partial charge in [0.2, 0.25) is 11.8 Å². The molecule has 2 aromatic carbocycles. The van der Waals surface area contributed by atoms with Crippen LogP contribution in [0.4, 0.5) is 0 Å². The molecule has 4 aromatic rings. The molecule has 0 spiro atoms. The molecule has 0 aliphatic heterocycles. The van der Waals surface area contributed by atoms with Crippen LogP contribution in [0.5, 0.6) is 0 Å². The van der Waals surface area contributed by atoms with Crippen molar-refractivity contribution in [3.63, 3.8) is 0 Å². The monoisotopic (exact) mass is 387 g/mol. The van der Waals surface area contributed by atoms with Crippen molar-refractivity contribution in [3.8, 4) is 22.9 Å². The van der Waals surface area contributed by atoms with Crippen LogP contribution in [0, 0.1) is 3.57 Å². The van der Waals surface area contributed by atoms with Crippen molar-refractivity contribution in [2.24, 2.45) is 0 Å². The van der Waals surface area contributed by atoms with Gasteiger partial charge in [0.15, 0.2) is 0 Å². The number of aromatic nitrogens is 3. The first-order valence-electron chi connectivity index (χ1n) is 6.48. The first kappa shape index (κ1) is 12.6. The average molecular weight is 387 g/mol. The average Bonchev–Trinajstić information content (AvgIpc) is 3.14. The minimum atomic E-state index is 0.530. The largest absolute Gasteiger partial charge is 0.416 e. The fourth-order valence-electron chi connectivity index (χ4n) is 2.32. The second kappa shape index (κ2) is 5.00. The van der Waals surface area contributed by atoms with E-state index in [4.69, 9.17) is 4.42 Å². The van der Waals surface area contributed by atoms with Crippen LogP contribution >= 0.6 is 22.6 Å². The van der Waals surface area contributed by atoms with Gasteiger partial charge in [-0.2, -0.15) is 0 Å². The van der Waals surface area contributed by atoms with E-state index in [-0.39, 0.29) is 0 Å². The van der Waals surface area contributed by atoms with Crippen molar-refractivity contribution in [2.75, 3.05) is 0 Å². The van der Waals surface area contributed by atoms with Crippen LogP contribution in [0.3, 0.4) is 0 Å². The third-order valence-electron chi connectivity index (χ3n) is 3.35. The van der Waals surface area contributed by atoms with Gasteiger partial charge in [-0.3, -0.25) is 0 Å². The molecular formula is C16H10IN3O. The Balaban J connectivity index is 1.83. The highest BCUT2D eigenvalue weighted by Gasteiger charge is 2.15. The highest BCUT2D eigenvalue weighted by Crippen LogP contribution is 2.30. The topological polar surface area (TPSA) is 54.7 Å². The lowest BCUT2D eigenvalue weighted by Crippen LogP contribution is -1.81. The number of halogens is 1. The lowest BCUT2D eigenvalue weighted by Gasteiger charge is -1.97. The van der Waals surface area contributed by atoms with E-state index >= 15 is 0 Å². The minimum absolute atomic E-state index is 0.530. The number of fused-ring (bicyclic) bond motifs is 1. The van der Waals surface area contributed by atoms with Gasteiger partial charge in [-0.15, -0.1) is 10.2 Å². The van der Waals surface area contributed by atoms with Gasteiger partial charge in [0.1, 0.15) is 0 Å². The number of rotatable bonds is 2.